The highest BCUT2D eigenvalue weighted by Crippen LogP contribution is 2.38. The largest absolute Gasteiger partial charge is 0.362 e. The maximum atomic E-state index is 12.0. The third-order valence-corrected chi connectivity index (χ3v) is 5.30. The summed E-state index contributed by atoms with van der Waals surface area (Å²) in [7, 11) is 0. The predicted molar refractivity (Wildman–Crippen MR) is 87.3 cm³/mol. The van der Waals surface area contributed by atoms with E-state index in [0.29, 0.717) is 17.8 Å². The van der Waals surface area contributed by atoms with Crippen LogP contribution in [0, 0.1) is 17.8 Å². The summed E-state index contributed by atoms with van der Waals surface area (Å²) in [5.41, 5.74) is 1.14. The minimum Gasteiger partial charge on any atom is -0.362 e. The first-order valence-electron chi connectivity index (χ1n) is 8.57. The van der Waals surface area contributed by atoms with E-state index in [1.165, 1.54) is 12.8 Å². The van der Waals surface area contributed by atoms with Crippen molar-refractivity contribution in [1.29, 1.82) is 0 Å². The summed E-state index contributed by atoms with van der Waals surface area (Å²) < 4.78 is 6.34. The molecule has 120 valence electrons. The number of β-lactam (4-membered cyclic amide) rings is 1. The molecule has 1 aliphatic heterocycles. The number of carbonyl (C=O) groups excluding carboxylic acids is 1. The molecule has 1 aromatic rings. The molecule has 0 bridgehead atoms. The van der Waals surface area contributed by atoms with Crippen LogP contribution in [-0.2, 0) is 9.53 Å². The molecule has 1 saturated carbocycles. The van der Waals surface area contributed by atoms with Gasteiger partial charge in [0.05, 0.1) is 12.1 Å². The minimum atomic E-state index is -0.320. The SMILES string of the molecule is CC(C)[C@@H]1CC[C@@H](C)C[C@H]1OC1C(=O)NC1c1ccccc1. The van der Waals surface area contributed by atoms with Crippen molar-refractivity contribution in [2.24, 2.45) is 17.8 Å². The van der Waals surface area contributed by atoms with Crippen LogP contribution in [0.2, 0.25) is 0 Å². The van der Waals surface area contributed by atoms with E-state index in [1.54, 1.807) is 0 Å². The van der Waals surface area contributed by atoms with Crippen molar-refractivity contribution in [3.8, 4) is 0 Å². The van der Waals surface area contributed by atoms with Gasteiger partial charge in [-0.05, 0) is 36.2 Å². The van der Waals surface area contributed by atoms with Gasteiger partial charge in [-0.2, -0.15) is 0 Å². The Hall–Kier alpha value is -1.35. The zero-order valence-corrected chi connectivity index (χ0v) is 13.8. The van der Waals surface area contributed by atoms with Gasteiger partial charge in [-0.3, -0.25) is 4.79 Å². The van der Waals surface area contributed by atoms with Crippen LogP contribution < -0.4 is 5.32 Å². The number of ether oxygens (including phenoxy) is 1. The molecule has 1 aromatic carbocycles. The second kappa shape index (κ2) is 6.41. The normalized spacial score (nSPS) is 35.1. The molecular formula is C19H27NO2. The number of rotatable bonds is 4. The molecular weight excluding hydrogens is 274 g/mol. The Morgan fingerprint density at radius 2 is 1.91 bits per heavy atom. The summed E-state index contributed by atoms with van der Waals surface area (Å²) in [6.45, 7) is 6.83. The van der Waals surface area contributed by atoms with Crippen molar-refractivity contribution in [2.45, 2.75) is 58.3 Å². The molecule has 5 atom stereocenters. The number of nitrogens with one attached hydrogen (secondary N) is 1. The third kappa shape index (κ3) is 3.05. The van der Waals surface area contributed by atoms with Crippen LogP contribution in [-0.4, -0.2) is 18.1 Å². The fraction of sp³-hybridized carbons (Fsp3) is 0.632. The number of benzene rings is 1. The van der Waals surface area contributed by atoms with Gasteiger partial charge in [0.25, 0.3) is 5.91 Å². The highest BCUT2D eigenvalue weighted by atomic mass is 16.5. The topological polar surface area (TPSA) is 38.3 Å². The summed E-state index contributed by atoms with van der Waals surface area (Å²) in [4.78, 5) is 12.0. The highest BCUT2D eigenvalue weighted by Gasteiger charge is 2.44. The Morgan fingerprint density at radius 1 is 1.18 bits per heavy atom. The summed E-state index contributed by atoms with van der Waals surface area (Å²) in [6.07, 6.45) is 3.47. The third-order valence-electron chi connectivity index (χ3n) is 5.30. The monoisotopic (exact) mass is 301 g/mol. The molecule has 0 radical (unpaired) electrons. The smallest absolute Gasteiger partial charge is 0.252 e. The fourth-order valence-corrected chi connectivity index (χ4v) is 3.88. The standard InChI is InChI=1S/C19H27NO2/c1-12(2)15-10-9-13(3)11-16(15)22-18-17(20-19(18)21)14-7-5-4-6-8-14/h4-8,12-13,15-18H,9-11H2,1-3H3,(H,20,21)/t13-,15+,16-,17?,18?/m1/s1. The first-order chi connectivity index (χ1) is 10.6. The van der Waals surface area contributed by atoms with Gasteiger partial charge < -0.3 is 10.1 Å². The van der Waals surface area contributed by atoms with Gasteiger partial charge in [0.2, 0.25) is 0 Å². The Labute approximate surface area is 133 Å². The molecule has 0 spiro atoms. The van der Waals surface area contributed by atoms with E-state index >= 15 is 0 Å². The average Bonchev–Trinajstić information content (AvgIpc) is 2.51. The van der Waals surface area contributed by atoms with E-state index in [1.807, 2.05) is 18.2 Å². The van der Waals surface area contributed by atoms with Gasteiger partial charge in [-0.15, -0.1) is 0 Å². The lowest BCUT2D eigenvalue weighted by molar-refractivity contribution is -0.164. The molecule has 2 fully saturated rings. The quantitative estimate of drug-likeness (QED) is 0.861. The number of hydrogen-bond donors (Lipinski definition) is 1. The summed E-state index contributed by atoms with van der Waals surface area (Å²) in [5, 5.41) is 2.99. The fourth-order valence-electron chi connectivity index (χ4n) is 3.88. The molecule has 3 rings (SSSR count). The molecule has 2 aliphatic rings. The first-order valence-corrected chi connectivity index (χ1v) is 8.57. The van der Waals surface area contributed by atoms with Crippen LogP contribution in [0.1, 0.15) is 51.6 Å². The highest BCUT2D eigenvalue weighted by molar-refractivity contribution is 5.88. The average molecular weight is 301 g/mol. The second-order valence-electron chi connectivity index (χ2n) is 7.32. The Kier molecular flexibility index (Phi) is 4.53. The van der Waals surface area contributed by atoms with E-state index in [-0.39, 0.29) is 24.2 Å². The molecule has 1 amide bonds. The predicted octanol–water partition coefficient (Wildman–Crippen LogP) is 3.70. The van der Waals surface area contributed by atoms with E-state index in [0.717, 1.165) is 12.0 Å². The van der Waals surface area contributed by atoms with Crippen molar-refractivity contribution in [3.05, 3.63) is 35.9 Å². The van der Waals surface area contributed by atoms with Gasteiger partial charge in [0.15, 0.2) is 6.10 Å². The van der Waals surface area contributed by atoms with Crippen LogP contribution in [0.5, 0.6) is 0 Å². The van der Waals surface area contributed by atoms with Gasteiger partial charge in [-0.25, -0.2) is 0 Å². The van der Waals surface area contributed by atoms with Crippen molar-refractivity contribution in [2.75, 3.05) is 0 Å². The maximum Gasteiger partial charge on any atom is 0.252 e. The molecule has 1 saturated heterocycles. The molecule has 2 unspecified atom stereocenters. The first kappa shape index (κ1) is 15.5. The van der Waals surface area contributed by atoms with Crippen LogP contribution in [0.15, 0.2) is 30.3 Å². The lowest BCUT2D eigenvalue weighted by Crippen LogP contribution is -2.59. The van der Waals surface area contributed by atoms with Crippen LogP contribution in [0.4, 0.5) is 0 Å². The van der Waals surface area contributed by atoms with E-state index < -0.39 is 0 Å². The van der Waals surface area contributed by atoms with E-state index in [4.69, 9.17) is 4.74 Å². The second-order valence-corrected chi connectivity index (χ2v) is 7.32. The minimum absolute atomic E-state index is 0.0127. The molecule has 1 aliphatic carbocycles. The van der Waals surface area contributed by atoms with Crippen molar-refractivity contribution >= 4 is 5.91 Å². The van der Waals surface area contributed by atoms with Crippen LogP contribution in [0.25, 0.3) is 0 Å². The summed E-state index contributed by atoms with van der Waals surface area (Å²) in [6, 6.07) is 10.1. The summed E-state index contributed by atoms with van der Waals surface area (Å²) >= 11 is 0. The number of amides is 1. The maximum absolute atomic E-state index is 12.0. The number of hydrogen-bond acceptors (Lipinski definition) is 2. The lowest BCUT2D eigenvalue weighted by Gasteiger charge is -2.44. The molecule has 3 heteroatoms. The number of carbonyl (C=O) groups is 1. The molecule has 1 heterocycles. The van der Waals surface area contributed by atoms with E-state index in [2.05, 4.69) is 38.2 Å². The van der Waals surface area contributed by atoms with Crippen LogP contribution in [0.3, 0.4) is 0 Å². The lowest BCUT2D eigenvalue weighted by atomic mass is 9.75. The zero-order chi connectivity index (χ0) is 15.7. The van der Waals surface area contributed by atoms with Gasteiger partial charge in [0, 0.05) is 0 Å². The zero-order valence-electron chi connectivity index (χ0n) is 13.8. The molecule has 3 nitrogen and oxygen atoms in total. The van der Waals surface area contributed by atoms with Crippen molar-refractivity contribution < 1.29 is 9.53 Å². The van der Waals surface area contributed by atoms with Gasteiger partial charge in [-0.1, -0.05) is 57.5 Å². The molecule has 1 N–H and O–H groups in total. The van der Waals surface area contributed by atoms with Gasteiger partial charge in [0.1, 0.15) is 0 Å². The Bertz CT molecular complexity index is 513. The Morgan fingerprint density at radius 3 is 2.55 bits per heavy atom. The molecule has 0 aromatic heterocycles. The molecule has 22 heavy (non-hydrogen) atoms. The summed E-state index contributed by atoms with van der Waals surface area (Å²) in [5.74, 6) is 1.91. The van der Waals surface area contributed by atoms with Crippen molar-refractivity contribution in [3.63, 3.8) is 0 Å². The van der Waals surface area contributed by atoms with Gasteiger partial charge >= 0.3 is 0 Å². The van der Waals surface area contributed by atoms with Crippen molar-refractivity contribution in [1.82, 2.24) is 5.32 Å². The van der Waals surface area contributed by atoms with E-state index in [9.17, 15) is 4.79 Å². The Balaban J connectivity index is 1.71. The van der Waals surface area contributed by atoms with Crippen LogP contribution >= 0.6 is 0 Å².